The average Bonchev–Trinajstić information content (AvgIpc) is 2.89. The van der Waals surface area contributed by atoms with Crippen molar-refractivity contribution in [3.05, 3.63) is 30.1 Å². The number of aliphatic imine (C=N–C) groups is 1. The number of aromatic nitrogens is 2. The van der Waals surface area contributed by atoms with Gasteiger partial charge in [-0.2, -0.15) is 0 Å². The van der Waals surface area contributed by atoms with Crippen LogP contribution < -0.4 is 10.6 Å². The molecule has 0 amide bonds. The van der Waals surface area contributed by atoms with Crippen LogP contribution in [-0.4, -0.2) is 35.1 Å². The summed E-state index contributed by atoms with van der Waals surface area (Å²) in [5, 5.41) is 6.66. The van der Waals surface area contributed by atoms with Crippen LogP contribution in [0.1, 0.15) is 33.0 Å². The first-order valence-corrected chi connectivity index (χ1v) is 7.71. The van der Waals surface area contributed by atoms with E-state index in [9.17, 15) is 0 Å². The maximum Gasteiger partial charge on any atom is 0.191 e. The second-order valence-corrected chi connectivity index (χ2v) is 5.16. The summed E-state index contributed by atoms with van der Waals surface area (Å²) >= 11 is 0. The lowest BCUT2D eigenvalue weighted by Crippen LogP contribution is -2.42. The number of guanidine groups is 1. The standard InChI is InChI=1S/C16H25N5/c1-4-12(3)19-16(17-5-2)18-11-10-15-20-13-8-6-7-9-14(13)21-15/h6-9,12H,4-5,10-11H2,1-3H3,(H,20,21)(H2,17,18,19). The van der Waals surface area contributed by atoms with Crippen molar-refractivity contribution in [2.75, 3.05) is 13.1 Å². The molecule has 0 fully saturated rings. The Hall–Kier alpha value is -2.04. The molecule has 0 aliphatic carbocycles. The number of rotatable bonds is 6. The highest BCUT2D eigenvalue weighted by molar-refractivity contribution is 5.80. The van der Waals surface area contributed by atoms with E-state index in [0.717, 1.165) is 42.2 Å². The Morgan fingerprint density at radius 2 is 2.14 bits per heavy atom. The maximum atomic E-state index is 4.60. The van der Waals surface area contributed by atoms with E-state index in [1.165, 1.54) is 0 Å². The third-order valence-electron chi connectivity index (χ3n) is 3.40. The van der Waals surface area contributed by atoms with Crippen LogP contribution in [-0.2, 0) is 6.42 Å². The van der Waals surface area contributed by atoms with E-state index in [1.807, 2.05) is 24.3 Å². The van der Waals surface area contributed by atoms with Crippen molar-refractivity contribution < 1.29 is 0 Å². The summed E-state index contributed by atoms with van der Waals surface area (Å²) in [6.07, 6.45) is 1.89. The Balaban J connectivity index is 1.94. The first-order chi connectivity index (χ1) is 10.2. The molecule has 0 spiro atoms. The molecule has 0 saturated carbocycles. The van der Waals surface area contributed by atoms with Gasteiger partial charge in [0.25, 0.3) is 0 Å². The van der Waals surface area contributed by atoms with Crippen LogP contribution >= 0.6 is 0 Å². The molecule has 2 aromatic rings. The summed E-state index contributed by atoms with van der Waals surface area (Å²) in [5.41, 5.74) is 2.10. The van der Waals surface area contributed by atoms with Gasteiger partial charge >= 0.3 is 0 Å². The largest absolute Gasteiger partial charge is 0.357 e. The minimum atomic E-state index is 0.425. The molecule has 0 aliphatic rings. The van der Waals surface area contributed by atoms with Crippen molar-refractivity contribution in [3.8, 4) is 0 Å². The summed E-state index contributed by atoms with van der Waals surface area (Å²) in [7, 11) is 0. The number of benzene rings is 1. The zero-order valence-electron chi connectivity index (χ0n) is 13.1. The number of fused-ring (bicyclic) bond motifs is 1. The fourth-order valence-corrected chi connectivity index (χ4v) is 2.05. The minimum absolute atomic E-state index is 0.425. The Morgan fingerprint density at radius 1 is 1.33 bits per heavy atom. The van der Waals surface area contributed by atoms with Crippen molar-refractivity contribution in [2.45, 2.75) is 39.7 Å². The maximum absolute atomic E-state index is 4.60. The normalized spacial score (nSPS) is 13.4. The number of hydrogen-bond acceptors (Lipinski definition) is 2. The highest BCUT2D eigenvalue weighted by Crippen LogP contribution is 2.10. The quantitative estimate of drug-likeness (QED) is 0.565. The molecular weight excluding hydrogens is 262 g/mol. The molecule has 21 heavy (non-hydrogen) atoms. The molecule has 1 unspecified atom stereocenters. The predicted octanol–water partition coefficient (Wildman–Crippen LogP) is 2.46. The molecule has 5 nitrogen and oxygen atoms in total. The van der Waals surface area contributed by atoms with Gasteiger partial charge in [0.05, 0.1) is 11.0 Å². The van der Waals surface area contributed by atoms with Crippen molar-refractivity contribution in [1.82, 2.24) is 20.6 Å². The van der Waals surface area contributed by atoms with Gasteiger partial charge in [0.15, 0.2) is 5.96 Å². The van der Waals surface area contributed by atoms with Crippen LogP contribution in [0, 0.1) is 0 Å². The summed E-state index contributed by atoms with van der Waals surface area (Å²) in [6, 6.07) is 8.51. The monoisotopic (exact) mass is 287 g/mol. The molecule has 0 saturated heterocycles. The third kappa shape index (κ3) is 4.48. The Labute approximate surface area is 126 Å². The number of imidazole rings is 1. The Morgan fingerprint density at radius 3 is 2.86 bits per heavy atom. The number of nitrogens with one attached hydrogen (secondary N) is 3. The SMILES string of the molecule is CCNC(=NCCc1nc2ccccc2[nH]1)NC(C)CC. The van der Waals surface area contributed by atoms with Gasteiger partial charge in [0, 0.05) is 25.6 Å². The molecule has 0 radical (unpaired) electrons. The lowest BCUT2D eigenvalue weighted by Gasteiger charge is -2.15. The van der Waals surface area contributed by atoms with Crippen molar-refractivity contribution in [2.24, 2.45) is 4.99 Å². The highest BCUT2D eigenvalue weighted by Gasteiger charge is 2.04. The molecular formula is C16H25N5. The Bertz CT molecular complexity index is 554. The molecule has 1 aromatic carbocycles. The lowest BCUT2D eigenvalue weighted by molar-refractivity contribution is 0.624. The molecule has 1 heterocycles. The van der Waals surface area contributed by atoms with Gasteiger partial charge in [0.2, 0.25) is 0 Å². The molecule has 3 N–H and O–H groups in total. The molecule has 2 rings (SSSR count). The van der Waals surface area contributed by atoms with Gasteiger partial charge < -0.3 is 15.6 Å². The number of aromatic amines is 1. The zero-order valence-corrected chi connectivity index (χ0v) is 13.1. The van der Waals surface area contributed by atoms with Gasteiger partial charge in [-0.3, -0.25) is 4.99 Å². The van der Waals surface area contributed by atoms with Gasteiger partial charge in [-0.25, -0.2) is 4.98 Å². The topological polar surface area (TPSA) is 65.1 Å². The smallest absolute Gasteiger partial charge is 0.191 e. The van der Waals surface area contributed by atoms with Crippen molar-refractivity contribution in [3.63, 3.8) is 0 Å². The van der Waals surface area contributed by atoms with Crippen molar-refractivity contribution in [1.29, 1.82) is 0 Å². The lowest BCUT2D eigenvalue weighted by atomic mass is 10.3. The second kappa shape index (κ2) is 7.67. The molecule has 0 aliphatic heterocycles. The number of para-hydroxylation sites is 2. The predicted molar refractivity (Wildman–Crippen MR) is 88.7 cm³/mol. The van der Waals surface area contributed by atoms with E-state index in [-0.39, 0.29) is 0 Å². The number of H-pyrrole nitrogens is 1. The molecule has 5 heteroatoms. The average molecular weight is 287 g/mol. The molecule has 114 valence electrons. The highest BCUT2D eigenvalue weighted by atomic mass is 15.2. The van der Waals surface area contributed by atoms with Crippen LogP contribution in [0.2, 0.25) is 0 Å². The molecule has 0 bridgehead atoms. The summed E-state index contributed by atoms with van der Waals surface area (Å²) in [6.45, 7) is 7.98. The van der Waals surface area contributed by atoms with E-state index in [2.05, 4.69) is 46.4 Å². The van der Waals surface area contributed by atoms with Crippen LogP contribution in [0.25, 0.3) is 11.0 Å². The fourth-order valence-electron chi connectivity index (χ4n) is 2.05. The molecule has 1 aromatic heterocycles. The number of hydrogen-bond donors (Lipinski definition) is 3. The van der Waals surface area contributed by atoms with Gasteiger partial charge in [-0.05, 0) is 32.4 Å². The van der Waals surface area contributed by atoms with E-state index in [4.69, 9.17) is 0 Å². The Kier molecular flexibility index (Phi) is 5.60. The molecule has 1 atom stereocenters. The van der Waals surface area contributed by atoms with Gasteiger partial charge in [-0.15, -0.1) is 0 Å². The van der Waals surface area contributed by atoms with Gasteiger partial charge in [-0.1, -0.05) is 19.1 Å². The third-order valence-corrected chi connectivity index (χ3v) is 3.40. The first kappa shape index (κ1) is 15.4. The van der Waals surface area contributed by atoms with Crippen LogP contribution in [0.15, 0.2) is 29.3 Å². The number of nitrogens with zero attached hydrogens (tertiary/aromatic N) is 2. The summed E-state index contributed by atoms with van der Waals surface area (Å²) in [4.78, 5) is 12.5. The van der Waals surface area contributed by atoms with E-state index in [0.29, 0.717) is 12.6 Å². The summed E-state index contributed by atoms with van der Waals surface area (Å²) in [5.74, 6) is 1.86. The van der Waals surface area contributed by atoms with E-state index in [1.54, 1.807) is 0 Å². The van der Waals surface area contributed by atoms with Crippen LogP contribution in [0.4, 0.5) is 0 Å². The van der Waals surface area contributed by atoms with Gasteiger partial charge in [0.1, 0.15) is 5.82 Å². The first-order valence-electron chi connectivity index (χ1n) is 7.71. The summed E-state index contributed by atoms with van der Waals surface area (Å²) < 4.78 is 0. The van der Waals surface area contributed by atoms with Crippen LogP contribution in [0.3, 0.4) is 0 Å². The zero-order chi connectivity index (χ0) is 15.1. The second-order valence-electron chi connectivity index (χ2n) is 5.16. The minimum Gasteiger partial charge on any atom is -0.357 e. The van der Waals surface area contributed by atoms with Crippen LogP contribution in [0.5, 0.6) is 0 Å². The van der Waals surface area contributed by atoms with Crippen molar-refractivity contribution >= 4 is 17.0 Å². The fraction of sp³-hybridized carbons (Fsp3) is 0.500. The van der Waals surface area contributed by atoms with E-state index < -0.39 is 0 Å². The van der Waals surface area contributed by atoms with E-state index >= 15 is 0 Å².